The highest BCUT2D eigenvalue weighted by Crippen LogP contribution is 2.33. The Hall–Kier alpha value is -1.14. The lowest BCUT2D eigenvalue weighted by Crippen LogP contribution is -2.55. The van der Waals surface area contributed by atoms with Gasteiger partial charge in [0.2, 0.25) is 11.8 Å². The smallest absolute Gasteiger partial charge is 0.248 e. The molecule has 124 valence electrons. The van der Waals surface area contributed by atoms with Gasteiger partial charge in [0.1, 0.15) is 6.61 Å². The summed E-state index contributed by atoms with van der Waals surface area (Å²) in [5, 5.41) is 3.55. The van der Waals surface area contributed by atoms with E-state index < -0.39 is 0 Å². The molecule has 3 atom stereocenters. The second-order valence-electron chi connectivity index (χ2n) is 6.75. The quantitative estimate of drug-likeness (QED) is 0.810. The highest BCUT2D eigenvalue weighted by Gasteiger charge is 2.40. The van der Waals surface area contributed by atoms with Gasteiger partial charge in [-0.1, -0.05) is 12.8 Å². The summed E-state index contributed by atoms with van der Waals surface area (Å²) < 4.78 is 4.88. The number of nitrogens with zero attached hydrogens (tertiary/aromatic N) is 2. The van der Waals surface area contributed by atoms with E-state index in [2.05, 4.69) is 5.32 Å². The van der Waals surface area contributed by atoms with Crippen LogP contribution in [0, 0.1) is 5.92 Å². The van der Waals surface area contributed by atoms with Crippen LogP contribution in [0.5, 0.6) is 0 Å². The summed E-state index contributed by atoms with van der Waals surface area (Å²) in [7, 11) is 1.53. The van der Waals surface area contributed by atoms with E-state index >= 15 is 0 Å². The van der Waals surface area contributed by atoms with Crippen LogP contribution >= 0.6 is 0 Å². The van der Waals surface area contributed by atoms with Crippen molar-refractivity contribution in [3.63, 3.8) is 0 Å². The van der Waals surface area contributed by atoms with Gasteiger partial charge in [-0.3, -0.25) is 9.59 Å². The molecule has 6 heteroatoms. The van der Waals surface area contributed by atoms with E-state index in [4.69, 9.17) is 4.74 Å². The first kappa shape index (κ1) is 15.7. The Labute approximate surface area is 132 Å². The molecule has 1 aliphatic carbocycles. The van der Waals surface area contributed by atoms with Crippen LogP contribution in [0.1, 0.15) is 32.1 Å². The van der Waals surface area contributed by atoms with Crippen LogP contribution < -0.4 is 5.32 Å². The predicted molar refractivity (Wildman–Crippen MR) is 82.3 cm³/mol. The Morgan fingerprint density at radius 3 is 2.45 bits per heavy atom. The number of methoxy groups -OCH3 is 1. The maximum absolute atomic E-state index is 12.7. The maximum atomic E-state index is 12.7. The minimum absolute atomic E-state index is 0.00525. The third-order valence-electron chi connectivity index (χ3n) is 5.37. The summed E-state index contributed by atoms with van der Waals surface area (Å²) >= 11 is 0. The number of rotatable bonds is 3. The molecule has 1 saturated carbocycles. The molecule has 2 aliphatic heterocycles. The Morgan fingerprint density at radius 1 is 1.09 bits per heavy atom. The summed E-state index contributed by atoms with van der Waals surface area (Å²) in [6.45, 7) is 2.64. The van der Waals surface area contributed by atoms with E-state index in [1.807, 2.05) is 4.90 Å². The molecule has 6 nitrogen and oxygen atoms in total. The zero-order chi connectivity index (χ0) is 15.5. The number of ether oxygens (including phenoxy) is 1. The maximum Gasteiger partial charge on any atom is 0.248 e. The topological polar surface area (TPSA) is 61.9 Å². The van der Waals surface area contributed by atoms with Crippen molar-refractivity contribution in [1.82, 2.24) is 15.1 Å². The number of piperazine rings is 1. The summed E-state index contributed by atoms with van der Waals surface area (Å²) in [6, 6.07) is 0.543. The van der Waals surface area contributed by atoms with E-state index in [1.54, 1.807) is 4.90 Å². The molecule has 3 aliphatic rings. The molecule has 2 heterocycles. The SMILES string of the molecule is COCC(=O)N1CCN(C(=O)C2CC3CCCCC3N2)CC1. The highest BCUT2D eigenvalue weighted by molar-refractivity contribution is 5.83. The number of hydrogen-bond donors (Lipinski definition) is 1. The number of nitrogens with one attached hydrogen (secondary N) is 1. The lowest BCUT2D eigenvalue weighted by Gasteiger charge is -2.36. The minimum atomic E-state index is -0.00525. The molecule has 3 rings (SSSR count). The van der Waals surface area contributed by atoms with Crippen molar-refractivity contribution in [2.24, 2.45) is 5.92 Å². The van der Waals surface area contributed by atoms with E-state index in [0.717, 1.165) is 6.42 Å². The average Bonchev–Trinajstić information content (AvgIpc) is 2.98. The molecule has 3 fully saturated rings. The van der Waals surface area contributed by atoms with Crippen molar-refractivity contribution in [1.29, 1.82) is 0 Å². The van der Waals surface area contributed by atoms with Crippen LogP contribution in [-0.2, 0) is 14.3 Å². The molecule has 2 amide bonds. The minimum Gasteiger partial charge on any atom is -0.375 e. The van der Waals surface area contributed by atoms with E-state index in [-0.39, 0.29) is 24.5 Å². The number of carbonyl (C=O) groups is 2. The van der Waals surface area contributed by atoms with Gasteiger partial charge in [0.15, 0.2) is 0 Å². The Morgan fingerprint density at radius 2 is 1.77 bits per heavy atom. The molecular weight excluding hydrogens is 282 g/mol. The van der Waals surface area contributed by atoms with Gasteiger partial charge in [0, 0.05) is 39.3 Å². The van der Waals surface area contributed by atoms with Gasteiger partial charge >= 0.3 is 0 Å². The predicted octanol–water partition coefficient (Wildman–Crippen LogP) is 0.224. The molecule has 0 radical (unpaired) electrons. The standard InChI is InChI=1S/C16H27N3O3/c1-22-11-15(20)18-6-8-19(9-7-18)16(21)14-10-12-4-2-3-5-13(12)17-14/h12-14,17H,2-11H2,1H3. The fourth-order valence-corrected chi connectivity index (χ4v) is 4.12. The average molecular weight is 309 g/mol. The van der Waals surface area contributed by atoms with Gasteiger partial charge in [-0.25, -0.2) is 0 Å². The number of hydrogen-bond acceptors (Lipinski definition) is 4. The summed E-state index contributed by atoms with van der Waals surface area (Å²) in [4.78, 5) is 28.2. The van der Waals surface area contributed by atoms with E-state index in [9.17, 15) is 9.59 Å². The summed E-state index contributed by atoms with van der Waals surface area (Å²) in [5.74, 6) is 0.931. The van der Waals surface area contributed by atoms with Gasteiger partial charge in [-0.15, -0.1) is 0 Å². The van der Waals surface area contributed by atoms with Crippen molar-refractivity contribution in [2.75, 3.05) is 39.9 Å². The molecule has 0 spiro atoms. The molecule has 1 N–H and O–H groups in total. The second kappa shape index (κ2) is 6.96. The van der Waals surface area contributed by atoms with Crippen LogP contribution in [0.2, 0.25) is 0 Å². The number of amides is 2. The Kier molecular flexibility index (Phi) is 4.98. The first-order valence-corrected chi connectivity index (χ1v) is 8.50. The molecule has 22 heavy (non-hydrogen) atoms. The fourth-order valence-electron chi connectivity index (χ4n) is 4.12. The molecule has 0 aromatic rings. The monoisotopic (exact) mass is 309 g/mol. The summed E-state index contributed by atoms with van der Waals surface area (Å²) in [5.41, 5.74) is 0. The fraction of sp³-hybridized carbons (Fsp3) is 0.875. The van der Waals surface area contributed by atoms with Gasteiger partial charge in [0.25, 0.3) is 0 Å². The first-order chi connectivity index (χ1) is 10.7. The normalized spacial score (nSPS) is 32.0. The number of carbonyl (C=O) groups excluding carboxylic acids is 2. The molecule has 0 bridgehead atoms. The van der Waals surface area contributed by atoms with Crippen molar-refractivity contribution < 1.29 is 14.3 Å². The van der Waals surface area contributed by atoms with Crippen molar-refractivity contribution in [3.8, 4) is 0 Å². The zero-order valence-corrected chi connectivity index (χ0v) is 13.4. The number of fused-ring (bicyclic) bond motifs is 1. The third kappa shape index (κ3) is 3.27. The molecule has 0 aromatic heterocycles. The van der Waals surface area contributed by atoms with Crippen molar-refractivity contribution in [3.05, 3.63) is 0 Å². The van der Waals surface area contributed by atoms with Gasteiger partial charge in [0.05, 0.1) is 6.04 Å². The highest BCUT2D eigenvalue weighted by atomic mass is 16.5. The first-order valence-electron chi connectivity index (χ1n) is 8.50. The second-order valence-corrected chi connectivity index (χ2v) is 6.75. The van der Waals surface area contributed by atoms with E-state index in [0.29, 0.717) is 38.1 Å². The van der Waals surface area contributed by atoms with Crippen LogP contribution in [0.25, 0.3) is 0 Å². The molecular formula is C16H27N3O3. The summed E-state index contributed by atoms with van der Waals surface area (Å²) in [6.07, 6.45) is 6.07. The van der Waals surface area contributed by atoms with Crippen LogP contribution in [-0.4, -0.2) is 73.6 Å². The molecule has 0 aromatic carbocycles. The van der Waals surface area contributed by atoms with Gasteiger partial charge in [-0.05, 0) is 25.2 Å². The molecule has 3 unspecified atom stereocenters. The van der Waals surface area contributed by atoms with Crippen LogP contribution in [0.3, 0.4) is 0 Å². The lowest BCUT2D eigenvalue weighted by atomic mass is 9.85. The molecule has 2 saturated heterocycles. The third-order valence-corrected chi connectivity index (χ3v) is 5.37. The largest absolute Gasteiger partial charge is 0.375 e. The Balaban J connectivity index is 1.49. The zero-order valence-electron chi connectivity index (χ0n) is 13.4. The van der Waals surface area contributed by atoms with Gasteiger partial charge in [-0.2, -0.15) is 0 Å². The van der Waals surface area contributed by atoms with Crippen molar-refractivity contribution in [2.45, 2.75) is 44.2 Å². The van der Waals surface area contributed by atoms with Crippen LogP contribution in [0.15, 0.2) is 0 Å². The lowest BCUT2D eigenvalue weighted by molar-refractivity contribution is -0.142. The van der Waals surface area contributed by atoms with Crippen molar-refractivity contribution >= 4 is 11.8 Å². The van der Waals surface area contributed by atoms with Gasteiger partial charge < -0.3 is 19.9 Å². The van der Waals surface area contributed by atoms with E-state index in [1.165, 1.54) is 32.8 Å². The Bertz CT molecular complexity index is 407. The van der Waals surface area contributed by atoms with Crippen LogP contribution in [0.4, 0.5) is 0 Å².